The summed E-state index contributed by atoms with van der Waals surface area (Å²) < 4.78 is 23.0. The minimum absolute atomic E-state index is 0.214. The number of nitrogens with one attached hydrogen (secondary N) is 3. The minimum atomic E-state index is -3.62. The number of amides is 1. The lowest BCUT2D eigenvalue weighted by Crippen LogP contribution is -2.44. The molecule has 0 bridgehead atoms. The fourth-order valence-electron chi connectivity index (χ4n) is 1.19. The van der Waals surface area contributed by atoms with Crippen LogP contribution in [0.4, 0.5) is 0 Å². The number of hydrazine groups is 1. The smallest absolute Gasteiger partial charge is 0.267 e. The second-order valence-corrected chi connectivity index (χ2v) is 6.05. The number of nitrogens with zero attached hydrogens (tertiary/aromatic N) is 1. The van der Waals surface area contributed by atoms with Gasteiger partial charge in [0.15, 0.2) is 0 Å². The molecule has 0 atom stereocenters. The van der Waals surface area contributed by atoms with Crippen LogP contribution in [0.15, 0.2) is 22.7 Å². The van der Waals surface area contributed by atoms with Crippen molar-refractivity contribution >= 4 is 31.9 Å². The number of hydrogen-bond acceptors (Lipinski definition) is 5. The number of halogens is 1. The molecule has 1 rings (SSSR count). The molecule has 0 saturated heterocycles. The molecule has 0 aliphatic rings. The van der Waals surface area contributed by atoms with Gasteiger partial charge in [0.25, 0.3) is 5.91 Å². The van der Waals surface area contributed by atoms with Crippen molar-refractivity contribution in [1.29, 1.82) is 5.26 Å². The molecule has 0 spiro atoms. The Kier molecular flexibility index (Phi) is 5.44. The molecule has 102 valence electrons. The van der Waals surface area contributed by atoms with Gasteiger partial charge < -0.3 is 5.32 Å². The van der Waals surface area contributed by atoms with Crippen LogP contribution in [0, 0.1) is 11.3 Å². The number of nitriles is 1. The summed E-state index contributed by atoms with van der Waals surface area (Å²) in [6.07, 6.45) is 0. The number of benzene rings is 1. The first-order chi connectivity index (χ1) is 8.89. The predicted molar refractivity (Wildman–Crippen MR) is 72.3 cm³/mol. The molecule has 3 N–H and O–H groups in total. The van der Waals surface area contributed by atoms with Crippen molar-refractivity contribution in [2.75, 3.05) is 12.9 Å². The molecular weight excluding hydrogens is 336 g/mol. The topological polar surface area (TPSA) is 111 Å². The Morgan fingerprint density at radius 3 is 2.68 bits per heavy atom. The second kappa shape index (κ2) is 6.63. The molecule has 0 heterocycles. The molecule has 9 heteroatoms. The van der Waals surface area contributed by atoms with E-state index in [0.717, 1.165) is 0 Å². The standard InChI is InChI=1S/C10H11BrN4O3S/c1-13-6-19(17,18)15-14-10(16)8-3-2-7(5-12)4-9(8)11/h2-4,13,15H,6H2,1H3,(H,14,16). The lowest BCUT2D eigenvalue weighted by molar-refractivity contribution is 0.0944. The van der Waals surface area contributed by atoms with Crippen LogP contribution in [-0.4, -0.2) is 27.2 Å². The van der Waals surface area contributed by atoms with Crippen LogP contribution in [0.5, 0.6) is 0 Å². The minimum Gasteiger partial charge on any atom is -0.306 e. The molecule has 0 radical (unpaired) electrons. The first-order valence-corrected chi connectivity index (χ1v) is 7.48. The summed E-state index contributed by atoms with van der Waals surface area (Å²) in [4.78, 5) is 13.7. The van der Waals surface area contributed by atoms with Crippen molar-refractivity contribution in [2.45, 2.75) is 0 Å². The number of sulfonamides is 1. The first kappa shape index (κ1) is 15.6. The van der Waals surface area contributed by atoms with Crippen LogP contribution >= 0.6 is 15.9 Å². The van der Waals surface area contributed by atoms with Gasteiger partial charge in [-0.2, -0.15) is 5.26 Å². The Morgan fingerprint density at radius 1 is 1.47 bits per heavy atom. The summed E-state index contributed by atoms with van der Waals surface area (Å²) in [6, 6.07) is 6.28. The molecule has 0 saturated carbocycles. The monoisotopic (exact) mass is 346 g/mol. The fraction of sp³-hybridized carbons (Fsp3) is 0.200. The Hall–Kier alpha value is -1.47. The normalized spacial score (nSPS) is 10.8. The SMILES string of the molecule is CNCS(=O)(=O)NNC(=O)c1ccc(C#N)cc1Br. The molecule has 1 amide bonds. The van der Waals surface area contributed by atoms with E-state index in [1.807, 2.05) is 10.9 Å². The molecule has 0 aromatic heterocycles. The molecule has 0 aliphatic carbocycles. The summed E-state index contributed by atoms with van der Waals surface area (Å²) in [5, 5.41) is 11.1. The third kappa shape index (κ3) is 4.60. The van der Waals surface area contributed by atoms with E-state index in [4.69, 9.17) is 5.26 Å². The summed E-state index contributed by atoms with van der Waals surface area (Å²) in [7, 11) is -2.15. The molecule has 0 unspecified atom stereocenters. The first-order valence-electron chi connectivity index (χ1n) is 5.03. The Balaban J connectivity index is 2.78. The second-order valence-electron chi connectivity index (χ2n) is 3.48. The average molecular weight is 347 g/mol. The zero-order valence-electron chi connectivity index (χ0n) is 9.90. The zero-order valence-corrected chi connectivity index (χ0v) is 12.3. The number of carbonyl (C=O) groups is 1. The van der Waals surface area contributed by atoms with Gasteiger partial charge in [-0.15, -0.1) is 4.83 Å². The third-order valence-electron chi connectivity index (χ3n) is 2.00. The van der Waals surface area contributed by atoms with E-state index in [-0.39, 0.29) is 11.4 Å². The highest BCUT2D eigenvalue weighted by molar-refractivity contribution is 9.10. The average Bonchev–Trinajstić information content (AvgIpc) is 2.36. The van der Waals surface area contributed by atoms with Crippen molar-refractivity contribution in [2.24, 2.45) is 0 Å². The molecule has 0 fully saturated rings. The van der Waals surface area contributed by atoms with Crippen LogP contribution in [-0.2, 0) is 10.0 Å². The maximum absolute atomic E-state index is 11.7. The van der Waals surface area contributed by atoms with E-state index in [0.29, 0.717) is 10.0 Å². The highest BCUT2D eigenvalue weighted by atomic mass is 79.9. The molecule has 1 aromatic carbocycles. The van der Waals surface area contributed by atoms with Gasteiger partial charge in [-0.3, -0.25) is 10.2 Å². The summed E-state index contributed by atoms with van der Waals surface area (Å²) in [5.41, 5.74) is 2.67. The molecule has 0 aliphatic heterocycles. The Bertz CT molecular complexity index is 624. The van der Waals surface area contributed by atoms with Crippen LogP contribution in [0.1, 0.15) is 15.9 Å². The maximum atomic E-state index is 11.7. The lowest BCUT2D eigenvalue weighted by Gasteiger charge is -2.09. The van der Waals surface area contributed by atoms with E-state index in [1.165, 1.54) is 25.2 Å². The van der Waals surface area contributed by atoms with Crippen LogP contribution in [0.25, 0.3) is 0 Å². The van der Waals surface area contributed by atoms with Gasteiger partial charge in [-0.05, 0) is 41.2 Å². The van der Waals surface area contributed by atoms with Gasteiger partial charge in [0.2, 0.25) is 10.0 Å². The number of carbonyl (C=O) groups excluding carboxylic acids is 1. The van der Waals surface area contributed by atoms with Crippen molar-refractivity contribution in [3.8, 4) is 6.07 Å². The van der Waals surface area contributed by atoms with Gasteiger partial charge >= 0.3 is 0 Å². The molecule has 1 aromatic rings. The molecular formula is C10H11BrN4O3S. The maximum Gasteiger partial charge on any atom is 0.267 e. The number of hydrogen-bond donors (Lipinski definition) is 3. The predicted octanol–water partition coefficient (Wildman–Crippen LogP) is 0.0619. The van der Waals surface area contributed by atoms with Gasteiger partial charge in [0, 0.05) is 4.47 Å². The van der Waals surface area contributed by atoms with Gasteiger partial charge in [-0.1, -0.05) is 0 Å². The Morgan fingerprint density at radius 2 is 2.16 bits per heavy atom. The van der Waals surface area contributed by atoms with Crippen molar-refractivity contribution in [3.05, 3.63) is 33.8 Å². The van der Waals surface area contributed by atoms with Crippen LogP contribution in [0.2, 0.25) is 0 Å². The fourth-order valence-corrected chi connectivity index (χ4v) is 2.45. The highest BCUT2D eigenvalue weighted by Gasteiger charge is 2.14. The Labute approximate surface area is 119 Å². The van der Waals surface area contributed by atoms with Gasteiger partial charge in [0.1, 0.15) is 5.88 Å². The quantitative estimate of drug-likeness (QED) is 0.653. The van der Waals surface area contributed by atoms with Crippen molar-refractivity contribution < 1.29 is 13.2 Å². The van der Waals surface area contributed by atoms with Crippen LogP contribution < -0.4 is 15.6 Å². The summed E-state index contributed by atoms with van der Waals surface area (Å²) in [6.45, 7) is 0. The van der Waals surface area contributed by atoms with Crippen molar-refractivity contribution in [3.63, 3.8) is 0 Å². The van der Waals surface area contributed by atoms with Gasteiger partial charge in [0.05, 0.1) is 17.2 Å². The number of rotatable bonds is 5. The molecule has 19 heavy (non-hydrogen) atoms. The van der Waals surface area contributed by atoms with E-state index in [2.05, 4.69) is 26.7 Å². The zero-order chi connectivity index (χ0) is 14.5. The largest absolute Gasteiger partial charge is 0.306 e. The van der Waals surface area contributed by atoms with E-state index < -0.39 is 15.9 Å². The van der Waals surface area contributed by atoms with E-state index in [9.17, 15) is 13.2 Å². The van der Waals surface area contributed by atoms with E-state index >= 15 is 0 Å². The van der Waals surface area contributed by atoms with Crippen LogP contribution in [0.3, 0.4) is 0 Å². The molecule has 7 nitrogen and oxygen atoms in total. The summed E-state index contributed by atoms with van der Waals surface area (Å²) >= 11 is 3.14. The van der Waals surface area contributed by atoms with Crippen molar-refractivity contribution in [1.82, 2.24) is 15.6 Å². The highest BCUT2D eigenvalue weighted by Crippen LogP contribution is 2.18. The van der Waals surface area contributed by atoms with E-state index in [1.54, 1.807) is 0 Å². The third-order valence-corrected chi connectivity index (χ3v) is 3.74. The van der Waals surface area contributed by atoms with Gasteiger partial charge in [-0.25, -0.2) is 8.42 Å². The summed E-state index contributed by atoms with van der Waals surface area (Å²) in [5.74, 6) is -0.946. The lowest BCUT2D eigenvalue weighted by atomic mass is 10.1.